The molecular formula is C19H13N5O4. The molecule has 0 saturated heterocycles. The summed E-state index contributed by atoms with van der Waals surface area (Å²) < 4.78 is 17.1. The summed E-state index contributed by atoms with van der Waals surface area (Å²) in [5.41, 5.74) is 7.54. The number of methoxy groups -OCH3 is 1. The van der Waals surface area contributed by atoms with Crippen LogP contribution in [0.2, 0.25) is 0 Å². The van der Waals surface area contributed by atoms with Crippen molar-refractivity contribution in [2.75, 3.05) is 12.8 Å². The van der Waals surface area contributed by atoms with Gasteiger partial charge in [-0.25, -0.2) is 4.79 Å². The Kier molecular flexibility index (Phi) is 4.14. The number of nitrogen functional groups attached to an aromatic ring is 1. The quantitative estimate of drug-likeness (QED) is 0.538. The standard InChI is InChI=1S/C19H13N5O4/c1-26-19(25)16-15(21)12(9-20)10-24(16)13-6-4-11(5-7-13)17-22-23-18(28-17)14-3-2-8-27-14/h2-8,10H,21H2,1H3. The lowest BCUT2D eigenvalue weighted by molar-refractivity contribution is 0.0593. The van der Waals surface area contributed by atoms with E-state index in [1.54, 1.807) is 36.4 Å². The minimum absolute atomic E-state index is 0.0680. The summed E-state index contributed by atoms with van der Waals surface area (Å²) in [4.78, 5) is 12.1. The highest BCUT2D eigenvalue weighted by atomic mass is 16.5. The van der Waals surface area contributed by atoms with Crippen molar-refractivity contribution < 1.29 is 18.4 Å². The number of nitrogens with zero attached hydrogens (tertiary/aromatic N) is 4. The number of hydrogen-bond donors (Lipinski definition) is 1. The predicted octanol–water partition coefficient (Wildman–Crippen LogP) is 3.03. The van der Waals surface area contributed by atoms with Crippen molar-refractivity contribution in [1.29, 1.82) is 5.26 Å². The maximum atomic E-state index is 12.1. The molecule has 9 nitrogen and oxygen atoms in total. The fourth-order valence-electron chi connectivity index (χ4n) is 2.72. The van der Waals surface area contributed by atoms with Crippen LogP contribution >= 0.6 is 0 Å². The lowest BCUT2D eigenvalue weighted by Crippen LogP contribution is -2.11. The molecule has 2 N–H and O–H groups in total. The second kappa shape index (κ2) is 6.77. The second-order valence-electron chi connectivity index (χ2n) is 5.71. The Bertz CT molecular complexity index is 1180. The summed E-state index contributed by atoms with van der Waals surface area (Å²) in [6.07, 6.45) is 3.00. The average molecular weight is 375 g/mol. The molecule has 0 bridgehead atoms. The van der Waals surface area contributed by atoms with Crippen LogP contribution in [0.25, 0.3) is 28.8 Å². The third kappa shape index (κ3) is 2.79. The SMILES string of the molecule is COC(=O)c1c(N)c(C#N)cn1-c1ccc(-c2nnc(-c3ccco3)o2)cc1. The predicted molar refractivity (Wildman–Crippen MR) is 97.2 cm³/mol. The molecule has 0 aliphatic rings. The highest BCUT2D eigenvalue weighted by Gasteiger charge is 2.22. The monoisotopic (exact) mass is 375 g/mol. The van der Waals surface area contributed by atoms with Crippen molar-refractivity contribution in [3.8, 4) is 34.9 Å². The molecule has 0 saturated carbocycles. The lowest BCUT2D eigenvalue weighted by Gasteiger charge is -2.08. The van der Waals surface area contributed by atoms with Gasteiger partial charge in [0.05, 0.1) is 24.6 Å². The van der Waals surface area contributed by atoms with E-state index in [-0.39, 0.29) is 22.8 Å². The first-order chi connectivity index (χ1) is 13.6. The van der Waals surface area contributed by atoms with Crippen LogP contribution in [0.4, 0.5) is 5.69 Å². The van der Waals surface area contributed by atoms with E-state index in [1.165, 1.54) is 24.1 Å². The van der Waals surface area contributed by atoms with Crippen LogP contribution in [0.3, 0.4) is 0 Å². The summed E-state index contributed by atoms with van der Waals surface area (Å²) in [5.74, 6) is 0.429. The molecule has 0 aliphatic carbocycles. The summed E-state index contributed by atoms with van der Waals surface area (Å²) in [6, 6.07) is 12.4. The molecule has 3 aromatic heterocycles. The van der Waals surface area contributed by atoms with Gasteiger partial charge < -0.3 is 23.9 Å². The topological polar surface area (TPSA) is 133 Å². The molecule has 0 aliphatic heterocycles. The van der Waals surface area contributed by atoms with Crippen LogP contribution in [0.5, 0.6) is 0 Å². The Hall–Kier alpha value is -4.32. The highest BCUT2D eigenvalue weighted by Crippen LogP contribution is 2.28. The number of nitriles is 1. The maximum Gasteiger partial charge on any atom is 0.357 e. The minimum atomic E-state index is -0.636. The van der Waals surface area contributed by atoms with Gasteiger partial charge in [-0.3, -0.25) is 0 Å². The lowest BCUT2D eigenvalue weighted by atomic mass is 10.2. The zero-order valence-corrected chi connectivity index (χ0v) is 14.6. The third-order valence-electron chi connectivity index (χ3n) is 4.09. The van der Waals surface area contributed by atoms with Crippen molar-refractivity contribution in [3.05, 3.63) is 60.1 Å². The molecule has 0 radical (unpaired) electrons. The molecule has 4 aromatic rings. The molecule has 1 aromatic carbocycles. The first-order valence-corrected chi connectivity index (χ1v) is 8.09. The average Bonchev–Trinajstić information content (AvgIpc) is 3.47. The van der Waals surface area contributed by atoms with Gasteiger partial charge in [0.15, 0.2) is 11.5 Å². The van der Waals surface area contributed by atoms with Crippen molar-refractivity contribution in [3.63, 3.8) is 0 Å². The number of aromatic nitrogens is 3. The van der Waals surface area contributed by atoms with Crippen molar-refractivity contribution in [1.82, 2.24) is 14.8 Å². The highest BCUT2D eigenvalue weighted by molar-refractivity contribution is 5.96. The van der Waals surface area contributed by atoms with E-state index >= 15 is 0 Å². The summed E-state index contributed by atoms with van der Waals surface area (Å²) in [6.45, 7) is 0. The molecule has 0 atom stereocenters. The van der Waals surface area contributed by atoms with E-state index in [0.29, 0.717) is 22.9 Å². The Morgan fingerprint density at radius 3 is 2.61 bits per heavy atom. The minimum Gasteiger partial charge on any atom is -0.464 e. The largest absolute Gasteiger partial charge is 0.464 e. The van der Waals surface area contributed by atoms with Gasteiger partial charge in [-0.1, -0.05) is 0 Å². The van der Waals surface area contributed by atoms with Gasteiger partial charge >= 0.3 is 5.97 Å². The van der Waals surface area contributed by atoms with E-state index in [1.807, 2.05) is 6.07 Å². The Morgan fingerprint density at radius 2 is 1.96 bits per heavy atom. The first-order valence-electron chi connectivity index (χ1n) is 8.09. The molecule has 0 unspecified atom stereocenters. The molecule has 0 fully saturated rings. The van der Waals surface area contributed by atoms with E-state index in [9.17, 15) is 10.1 Å². The van der Waals surface area contributed by atoms with E-state index in [2.05, 4.69) is 10.2 Å². The Balaban J connectivity index is 1.70. The molecule has 4 rings (SSSR count). The fourth-order valence-corrected chi connectivity index (χ4v) is 2.72. The molecule has 28 heavy (non-hydrogen) atoms. The number of anilines is 1. The maximum absolute atomic E-state index is 12.1. The molecule has 9 heteroatoms. The fraction of sp³-hybridized carbons (Fsp3) is 0.0526. The summed E-state index contributed by atoms with van der Waals surface area (Å²) >= 11 is 0. The Morgan fingerprint density at radius 1 is 1.21 bits per heavy atom. The molecular weight excluding hydrogens is 362 g/mol. The van der Waals surface area contributed by atoms with E-state index in [4.69, 9.17) is 19.3 Å². The number of carbonyl (C=O) groups excluding carboxylic acids is 1. The number of benzene rings is 1. The van der Waals surface area contributed by atoms with Gasteiger partial charge in [-0.15, -0.1) is 10.2 Å². The number of carbonyl (C=O) groups is 1. The van der Waals surface area contributed by atoms with Gasteiger partial charge in [-0.05, 0) is 36.4 Å². The third-order valence-corrected chi connectivity index (χ3v) is 4.09. The zero-order chi connectivity index (χ0) is 19.7. The van der Waals surface area contributed by atoms with Crippen LogP contribution in [0.1, 0.15) is 16.1 Å². The van der Waals surface area contributed by atoms with Crippen LogP contribution < -0.4 is 5.73 Å². The van der Waals surface area contributed by atoms with Crippen molar-refractivity contribution >= 4 is 11.7 Å². The Labute approximate surface area is 158 Å². The number of ether oxygens (including phenoxy) is 1. The number of rotatable bonds is 4. The summed E-state index contributed by atoms with van der Waals surface area (Å²) in [7, 11) is 1.25. The van der Waals surface area contributed by atoms with Crippen molar-refractivity contribution in [2.45, 2.75) is 0 Å². The van der Waals surface area contributed by atoms with Crippen LogP contribution in [0.15, 0.2) is 57.7 Å². The number of hydrogen-bond acceptors (Lipinski definition) is 8. The van der Waals surface area contributed by atoms with Crippen LogP contribution in [-0.4, -0.2) is 27.8 Å². The first kappa shape index (κ1) is 17.1. The van der Waals surface area contributed by atoms with Gasteiger partial charge in [0.2, 0.25) is 5.89 Å². The van der Waals surface area contributed by atoms with Crippen LogP contribution in [0, 0.1) is 11.3 Å². The normalized spacial score (nSPS) is 10.6. The van der Waals surface area contributed by atoms with Gasteiger partial charge in [0.25, 0.3) is 5.89 Å². The van der Waals surface area contributed by atoms with Gasteiger partial charge in [0, 0.05) is 17.4 Å². The molecule has 0 amide bonds. The number of esters is 1. The van der Waals surface area contributed by atoms with E-state index in [0.717, 1.165) is 0 Å². The summed E-state index contributed by atoms with van der Waals surface area (Å²) in [5, 5.41) is 17.2. The van der Waals surface area contributed by atoms with Crippen molar-refractivity contribution in [2.24, 2.45) is 0 Å². The number of furan rings is 1. The van der Waals surface area contributed by atoms with Crippen LogP contribution in [-0.2, 0) is 4.74 Å². The van der Waals surface area contributed by atoms with Gasteiger partial charge in [-0.2, -0.15) is 5.26 Å². The second-order valence-corrected chi connectivity index (χ2v) is 5.71. The number of nitrogens with two attached hydrogens (primary N) is 1. The molecule has 3 heterocycles. The van der Waals surface area contributed by atoms with Gasteiger partial charge in [0.1, 0.15) is 6.07 Å². The van der Waals surface area contributed by atoms with E-state index < -0.39 is 5.97 Å². The zero-order valence-electron chi connectivity index (χ0n) is 14.6. The molecule has 0 spiro atoms. The molecule has 138 valence electrons. The smallest absolute Gasteiger partial charge is 0.357 e.